The molecule has 0 spiro atoms. The molecule has 0 unspecified atom stereocenters. The van der Waals surface area contributed by atoms with Gasteiger partial charge in [0.2, 0.25) is 5.75 Å². The molecule has 10 nitrogen and oxygen atoms in total. The average Bonchev–Trinajstić information content (AvgIpc) is 3.18. The lowest BCUT2D eigenvalue weighted by molar-refractivity contribution is -0.141. The van der Waals surface area contributed by atoms with Crippen molar-refractivity contribution in [3.05, 3.63) is 46.3 Å². The van der Waals surface area contributed by atoms with Gasteiger partial charge in [-0.25, -0.2) is 4.79 Å². The molecule has 0 bridgehead atoms. The number of methoxy groups -OCH3 is 4. The van der Waals surface area contributed by atoms with Gasteiger partial charge in [0.25, 0.3) is 5.91 Å². The van der Waals surface area contributed by atoms with Gasteiger partial charge in [-0.15, -0.1) is 0 Å². The number of ether oxygens (including phenoxy) is 5. The van der Waals surface area contributed by atoms with Crippen LogP contribution in [0.2, 0.25) is 0 Å². The van der Waals surface area contributed by atoms with Gasteiger partial charge in [-0.2, -0.15) is 4.99 Å². The lowest BCUT2D eigenvalue weighted by Crippen LogP contribution is -2.22. The van der Waals surface area contributed by atoms with Crippen LogP contribution in [-0.2, 0) is 20.8 Å². The topological polar surface area (TPSA) is 115 Å². The number of aromatic nitrogens is 1. The number of benzene rings is 2. The Morgan fingerprint density at radius 3 is 2.18 bits per heavy atom. The third-order valence-electron chi connectivity index (χ3n) is 4.82. The maximum atomic E-state index is 13.1. The molecule has 34 heavy (non-hydrogen) atoms. The van der Waals surface area contributed by atoms with E-state index in [1.165, 1.54) is 40.6 Å². The summed E-state index contributed by atoms with van der Waals surface area (Å²) in [5.41, 5.74) is 1.16. The summed E-state index contributed by atoms with van der Waals surface area (Å²) in [6, 6.07) is 7.87. The molecule has 0 aliphatic heterocycles. The average molecular weight is 489 g/mol. The zero-order chi connectivity index (χ0) is 24.8. The van der Waals surface area contributed by atoms with E-state index in [1.54, 1.807) is 29.7 Å². The first-order chi connectivity index (χ1) is 16.4. The molecule has 180 valence electrons. The largest absolute Gasteiger partial charge is 0.493 e. The van der Waals surface area contributed by atoms with Gasteiger partial charge in [0.05, 0.1) is 50.8 Å². The molecular weight excluding hydrogens is 464 g/mol. The minimum absolute atomic E-state index is 0.170. The number of hydrogen-bond acceptors (Lipinski definition) is 9. The van der Waals surface area contributed by atoms with Crippen LogP contribution >= 0.6 is 11.3 Å². The third kappa shape index (κ3) is 5.04. The number of fused-ring (bicyclic) bond motifs is 1. The molecule has 0 N–H and O–H groups in total. The number of amides is 1. The minimum atomic E-state index is -0.588. The second kappa shape index (κ2) is 10.8. The molecule has 2 aromatic carbocycles. The number of carbonyl (C=O) groups is 3. The predicted molar refractivity (Wildman–Crippen MR) is 124 cm³/mol. The van der Waals surface area contributed by atoms with Crippen LogP contribution in [0.3, 0.4) is 0 Å². The number of rotatable bonds is 8. The monoisotopic (exact) mass is 488 g/mol. The van der Waals surface area contributed by atoms with Crippen LogP contribution in [0.5, 0.6) is 17.2 Å². The van der Waals surface area contributed by atoms with Crippen LogP contribution in [0.15, 0.2) is 35.3 Å². The molecule has 3 rings (SSSR count). The van der Waals surface area contributed by atoms with E-state index in [1.807, 2.05) is 0 Å². The molecular formula is C23H24N2O8S. The fourth-order valence-electron chi connectivity index (χ4n) is 3.20. The summed E-state index contributed by atoms with van der Waals surface area (Å²) in [4.78, 5) is 41.7. The van der Waals surface area contributed by atoms with Crippen LogP contribution in [0.4, 0.5) is 0 Å². The molecule has 0 atom stereocenters. The Hall–Kier alpha value is -3.86. The summed E-state index contributed by atoms with van der Waals surface area (Å²) in [5.74, 6) is -0.623. The Morgan fingerprint density at radius 2 is 1.62 bits per heavy atom. The summed E-state index contributed by atoms with van der Waals surface area (Å²) >= 11 is 1.15. The van der Waals surface area contributed by atoms with Gasteiger partial charge in [0.1, 0.15) is 6.54 Å². The lowest BCUT2D eigenvalue weighted by atomic mass is 10.1. The van der Waals surface area contributed by atoms with Crippen LogP contribution in [0.1, 0.15) is 27.6 Å². The Kier molecular flexibility index (Phi) is 7.90. The SMILES string of the molecule is CCOC(=O)c1ccc2c(c1)sc(=NC(=O)c1cc(OC)c(OC)c(OC)c1)n2CC(=O)OC. The van der Waals surface area contributed by atoms with Gasteiger partial charge in [0.15, 0.2) is 16.3 Å². The standard InChI is InChI=1S/C23H24N2O8S/c1-6-33-22(28)13-7-8-15-18(11-13)34-23(25(15)12-19(26)31-4)24-21(27)14-9-16(29-2)20(32-5)17(10-14)30-3/h7-11H,6,12H2,1-5H3. The molecule has 11 heteroatoms. The van der Waals surface area contributed by atoms with Crippen LogP contribution in [0, 0.1) is 0 Å². The number of carbonyl (C=O) groups excluding carboxylic acids is 3. The van der Waals surface area contributed by atoms with E-state index in [4.69, 9.17) is 23.7 Å². The Morgan fingerprint density at radius 1 is 0.941 bits per heavy atom. The lowest BCUT2D eigenvalue weighted by Gasteiger charge is -2.12. The first kappa shape index (κ1) is 24.8. The van der Waals surface area contributed by atoms with Gasteiger partial charge >= 0.3 is 11.9 Å². The second-order valence-electron chi connectivity index (χ2n) is 6.78. The van der Waals surface area contributed by atoms with Crippen molar-refractivity contribution in [1.29, 1.82) is 0 Å². The van der Waals surface area contributed by atoms with Crippen LogP contribution in [0.25, 0.3) is 10.2 Å². The summed E-state index contributed by atoms with van der Waals surface area (Å²) in [7, 11) is 5.62. The smallest absolute Gasteiger partial charge is 0.338 e. The van der Waals surface area contributed by atoms with Gasteiger partial charge in [0, 0.05) is 5.56 Å². The molecule has 1 amide bonds. The minimum Gasteiger partial charge on any atom is -0.493 e. The van der Waals surface area contributed by atoms with Crippen molar-refractivity contribution in [3.8, 4) is 17.2 Å². The van der Waals surface area contributed by atoms with Crippen LogP contribution in [-0.4, -0.2) is 57.5 Å². The fourth-order valence-corrected chi connectivity index (χ4v) is 4.27. The van der Waals surface area contributed by atoms with E-state index >= 15 is 0 Å². The van der Waals surface area contributed by atoms with Crippen molar-refractivity contribution in [3.63, 3.8) is 0 Å². The predicted octanol–water partition coefficient (Wildman–Crippen LogP) is 2.82. The quantitative estimate of drug-likeness (QED) is 0.445. The number of thiazole rings is 1. The van der Waals surface area contributed by atoms with E-state index in [0.29, 0.717) is 33.0 Å². The highest BCUT2D eigenvalue weighted by atomic mass is 32.1. The summed E-state index contributed by atoms with van der Waals surface area (Å²) in [5, 5.41) is 0. The summed E-state index contributed by atoms with van der Waals surface area (Å²) in [6.45, 7) is 1.79. The van der Waals surface area contributed by atoms with Gasteiger partial charge in [-0.05, 0) is 37.3 Å². The zero-order valence-corrected chi connectivity index (χ0v) is 20.2. The van der Waals surface area contributed by atoms with Crippen LogP contribution < -0.4 is 19.0 Å². The van der Waals surface area contributed by atoms with E-state index < -0.39 is 17.8 Å². The molecule has 3 aromatic rings. The van der Waals surface area contributed by atoms with Crippen molar-refractivity contribution in [2.75, 3.05) is 35.0 Å². The van der Waals surface area contributed by atoms with Crippen molar-refractivity contribution < 1.29 is 38.1 Å². The molecule has 0 aliphatic rings. The Bertz CT molecular complexity index is 1280. The molecule has 0 saturated carbocycles. The van der Waals surface area contributed by atoms with E-state index in [-0.39, 0.29) is 23.5 Å². The Labute approximate surface area is 199 Å². The zero-order valence-electron chi connectivity index (χ0n) is 19.4. The van der Waals surface area contributed by atoms with Gasteiger partial charge < -0.3 is 28.3 Å². The third-order valence-corrected chi connectivity index (χ3v) is 5.86. The highest BCUT2D eigenvalue weighted by Crippen LogP contribution is 2.38. The highest BCUT2D eigenvalue weighted by molar-refractivity contribution is 7.16. The summed E-state index contributed by atoms with van der Waals surface area (Å²) < 4.78 is 28.0. The highest BCUT2D eigenvalue weighted by Gasteiger charge is 2.18. The van der Waals surface area contributed by atoms with E-state index in [0.717, 1.165) is 11.3 Å². The first-order valence-corrected chi connectivity index (χ1v) is 10.9. The molecule has 0 fully saturated rings. The summed E-state index contributed by atoms with van der Waals surface area (Å²) in [6.07, 6.45) is 0. The maximum Gasteiger partial charge on any atom is 0.338 e. The first-order valence-electron chi connectivity index (χ1n) is 10.1. The number of esters is 2. The molecule has 0 radical (unpaired) electrons. The normalized spacial score (nSPS) is 11.3. The van der Waals surface area contributed by atoms with Crippen molar-refractivity contribution >= 4 is 39.4 Å². The van der Waals surface area contributed by atoms with E-state index in [2.05, 4.69) is 4.99 Å². The van der Waals surface area contributed by atoms with Crippen molar-refractivity contribution in [1.82, 2.24) is 4.57 Å². The maximum absolute atomic E-state index is 13.1. The molecule has 0 saturated heterocycles. The second-order valence-corrected chi connectivity index (χ2v) is 7.79. The molecule has 1 aromatic heterocycles. The molecule has 1 heterocycles. The fraction of sp³-hybridized carbons (Fsp3) is 0.304. The van der Waals surface area contributed by atoms with Gasteiger partial charge in [-0.1, -0.05) is 11.3 Å². The van der Waals surface area contributed by atoms with Crippen molar-refractivity contribution in [2.24, 2.45) is 4.99 Å². The van der Waals surface area contributed by atoms with E-state index in [9.17, 15) is 14.4 Å². The molecule has 0 aliphatic carbocycles. The number of nitrogens with zero attached hydrogens (tertiary/aromatic N) is 2. The van der Waals surface area contributed by atoms with Crippen molar-refractivity contribution in [2.45, 2.75) is 13.5 Å². The van der Waals surface area contributed by atoms with Gasteiger partial charge in [-0.3, -0.25) is 9.59 Å². The Balaban J connectivity index is 2.15. The number of hydrogen-bond donors (Lipinski definition) is 0.